The largest absolute Gasteiger partial charge is 0.396 e. The smallest absolute Gasteiger partial charge is 0.279 e. The van der Waals surface area contributed by atoms with Gasteiger partial charge in [-0.15, -0.1) is 0 Å². The second-order valence-corrected chi connectivity index (χ2v) is 3.87. The highest BCUT2D eigenvalue weighted by atomic mass is 16.2. The molecule has 1 amide bonds. The fourth-order valence-corrected chi connectivity index (χ4v) is 1.64. The number of aromatic amines is 1. The molecule has 0 unspecified atom stereocenters. The number of H-pyrrole nitrogens is 1. The first-order valence-electron chi connectivity index (χ1n) is 5.82. The third kappa shape index (κ3) is 2.20. The molecule has 4 N–H and O–H groups in total. The minimum Gasteiger partial charge on any atom is -0.396 e. The number of carbonyl (C=O) groups excluding carboxylic acids is 1. The Labute approximate surface area is 104 Å². The summed E-state index contributed by atoms with van der Waals surface area (Å²) in [4.78, 5) is 12.0. The average Bonchev–Trinajstić information content (AvgIpc) is 2.95. The number of aromatic nitrogens is 4. The van der Waals surface area contributed by atoms with Gasteiger partial charge in [-0.05, 0) is 13.3 Å². The first kappa shape index (κ1) is 12.2. The third-order valence-electron chi connectivity index (χ3n) is 2.67. The summed E-state index contributed by atoms with van der Waals surface area (Å²) in [6, 6.07) is 0. The van der Waals surface area contributed by atoms with Crippen LogP contribution in [0, 0.1) is 0 Å². The molecule has 96 valence electrons. The number of carbonyl (C=O) groups is 1. The molecule has 0 atom stereocenters. The molecule has 0 saturated heterocycles. The van der Waals surface area contributed by atoms with E-state index in [0.29, 0.717) is 18.1 Å². The lowest BCUT2D eigenvalue weighted by Crippen LogP contribution is -2.16. The topological polar surface area (TPSA) is 102 Å². The zero-order valence-electron chi connectivity index (χ0n) is 10.4. The number of amides is 1. The van der Waals surface area contributed by atoms with Crippen LogP contribution in [0.4, 0.5) is 11.5 Å². The lowest BCUT2D eigenvalue weighted by molar-refractivity contribution is 0.102. The van der Waals surface area contributed by atoms with Gasteiger partial charge in [0.1, 0.15) is 5.82 Å². The van der Waals surface area contributed by atoms with Gasteiger partial charge in [-0.3, -0.25) is 14.6 Å². The van der Waals surface area contributed by atoms with Crippen LogP contribution in [0.3, 0.4) is 0 Å². The van der Waals surface area contributed by atoms with Crippen molar-refractivity contribution in [2.75, 3.05) is 11.1 Å². The van der Waals surface area contributed by atoms with Crippen LogP contribution in [0.15, 0.2) is 12.4 Å². The van der Waals surface area contributed by atoms with Crippen molar-refractivity contribution in [2.24, 2.45) is 0 Å². The van der Waals surface area contributed by atoms with E-state index in [1.54, 1.807) is 17.1 Å². The molecule has 2 aromatic heterocycles. The number of anilines is 2. The summed E-state index contributed by atoms with van der Waals surface area (Å²) in [6.45, 7) is 4.58. The number of nitrogen functional groups attached to an aromatic ring is 1. The highest BCUT2D eigenvalue weighted by molar-refractivity contribution is 6.05. The Kier molecular flexibility index (Phi) is 3.31. The van der Waals surface area contributed by atoms with Gasteiger partial charge < -0.3 is 11.1 Å². The van der Waals surface area contributed by atoms with Crippen LogP contribution in [-0.2, 0) is 13.0 Å². The van der Waals surface area contributed by atoms with Gasteiger partial charge in [-0.25, -0.2) is 0 Å². The molecule has 0 spiro atoms. The molecule has 0 fully saturated rings. The van der Waals surface area contributed by atoms with E-state index >= 15 is 0 Å². The number of nitrogens with one attached hydrogen (secondary N) is 2. The Morgan fingerprint density at radius 2 is 2.33 bits per heavy atom. The average molecular weight is 248 g/mol. The molecule has 0 bridgehead atoms. The van der Waals surface area contributed by atoms with Crippen molar-refractivity contribution in [3.63, 3.8) is 0 Å². The molecule has 2 heterocycles. The van der Waals surface area contributed by atoms with Gasteiger partial charge in [0.05, 0.1) is 11.9 Å². The van der Waals surface area contributed by atoms with Gasteiger partial charge in [-0.2, -0.15) is 10.2 Å². The molecule has 0 aromatic carbocycles. The molecule has 7 nitrogen and oxygen atoms in total. The number of rotatable bonds is 4. The predicted molar refractivity (Wildman–Crippen MR) is 68.2 cm³/mol. The van der Waals surface area contributed by atoms with Crippen molar-refractivity contribution in [3.05, 3.63) is 23.7 Å². The SMILES string of the molecule is CCc1cn[nH]c1NC(=O)c1nn(CC)cc1N. The number of hydrogen-bond donors (Lipinski definition) is 3. The minimum atomic E-state index is -0.335. The molecule has 18 heavy (non-hydrogen) atoms. The minimum absolute atomic E-state index is 0.230. The maximum Gasteiger partial charge on any atom is 0.279 e. The number of nitrogens with two attached hydrogens (primary N) is 1. The van der Waals surface area contributed by atoms with Crippen molar-refractivity contribution >= 4 is 17.4 Å². The molecule has 0 saturated carbocycles. The molecular weight excluding hydrogens is 232 g/mol. The first-order valence-corrected chi connectivity index (χ1v) is 5.82. The van der Waals surface area contributed by atoms with Crippen molar-refractivity contribution < 1.29 is 4.79 Å². The number of hydrogen-bond acceptors (Lipinski definition) is 4. The highest BCUT2D eigenvalue weighted by Crippen LogP contribution is 2.15. The summed E-state index contributed by atoms with van der Waals surface area (Å²) in [5, 5.41) is 13.5. The fraction of sp³-hybridized carbons (Fsp3) is 0.364. The summed E-state index contributed by atoms with van der Waals surface area (Å²) in [7, 11) is 0. The lowest BCUT2D eigenvalue weighted by atomic mass is 10.2. The van der Waals surface area contributed by atoms with Gasteiger partial charge in [0.2, 0.25) is 0 Å². The second kappa shape index (κ2) is 4.91. The quantitative estimate of drug-likeness (QED) is 0.751. The molecule has 0 aliphatic heterocycles. The predicted octanol–water partition coefficient (Wildman–Crippen LogP) is 1.02. The molecule has 0 radical (unpaired) electrons. The van der Waals surface area contributed by atoms with E-state index in [4.69, 9.17) is 5.73 Å². The Morgan fingerprint density at radius 3 is 2.94 bits per heavy atom. The number of aryl methyl sites for hydroxylation is 2. The first-order chi connectivity index (χ1) is 8.65. The third-order valence-corrected chi connectivity index (χ3v) is 2.67. The van der Waals surface area contributed by atoms with E-state index in [-0.39, 0.29) is 11.6 Å². The van der Waals surface area contributed by atoms with Gasteiger partial charge in [0.25, 0.3) is 5.91 Å². The van der Waals surface area contributed by atoms with Gasteiger partial charge in [0, 0.05) is 18.3 Å². The van der Waals surface area contributed by atoms with E-state index in [1.807, 2.05) is 13.8 Å². The van der Waals surface area contributed by atoms with E-state index in [2.05, 4.69) is 20.6 Å². The summed E-state index contributed by atoms with van der Waals surface area (Å²) in [6.07, 6.45) is 4.11. The van der Waals surface area contributed by atoms with Crippen molar-refractivity contribution in [2.45, 2.75) is 26.8 Å². The molecule has 0 aliphatic carbocycles. The summed E-state index contributed by atoms with van der Waals surface area (Å²) < 4.78 is 1.62. The standard InChI is InChI=1S/C11H16N6O/c1-3-7-5-13-15-10(7)14-11(18)9-8(12)6-17(4-2)16-9/h5-6H,3-4,12H2,1-2H3,(H2,13,14,15,18). The Morgan fingerprint density at radius 1 is 1.56 bits per heavy atom. The Bertz CT molecular complexity index is 556. The van der Waals surface area contributed by atoms with E-state index < -0.39 is 0 Å². The monoisotopic (exact) mass is 248 g/mol. The fourth-order valence-electron chi connectivity index (χ4n) is 1.64. The lowest BCUT2D eigenvalue weighted by Gasteiger charge is -2.02. The van der Waals surface area contributed by atoms with Crippen molar-refractivity contribution in [1.29, 1.82) is 0 Å². The normalized spacial score (nSPS) is 10.6. The molecular formula is C11H16N6O. The molecule has 2 rings (SSSR count). The zero-order chi connectivity index (χ0) is 13.1. The highest BCUT2D eigenvalue weighted by Gasteiger charge is 2.16. The summed E-state index contributed by atoms with van der Waals surface area (Å²) in [5.74, 6) is 0.256. The van der Waals surface area contributed by atoms with E-state index in [1.165, 1.54) is 0 Å². The zero-order valence-corrected chi connectivity index (χ0v) is 10.4. The van der Waals surface area contributed by atoms with Crippen LogP contribution in [0.25, 0.3) is 0 Å². The molecule has 2 aromatic rings. The summed E-state index contributed by atoms with van der Waals surface area (Å²) in [5.41, 5.74) is 7.29. The molecule has 0 aliphatic rings. The Hall–Kier alpha value is -2.31. The van der Waals surface area contributed by atoms with Crippen molar-refractivity contribution in [1.82, 2.24) is 20.0 Å². The second-order valence-electron chi connectivity index (χ2n) is 3.87. The van der Waals surface area contributed by atoms with Crippen LogP contribution in [-0.4, -0.2) is 25.9 Å². The van der Waals surface area contributed by atoms with Gasteiger partial charge >= 0.3 is 0 Å². The van der Waals surface area contributed by atoms with Gasteiger partial charge in [-0.1, -0.05) is 6.92 Å². The van der Waals surface area contributed by atoms with Gasteiger partial charge in [0.15, 0.2) is 5.69 Å². The number of nitrogens with zero attached hydrogens (tertiary/aromatic N) is 3. The van der Waals surface area contributed by atoms with Crippen LogP contribution in [0.1, 0.15) is 29.9 Å². The maximum atomic E-state index is 12.0. The van der Waals surface area contributed by atoms with E-state index in [9.17, 15) is 4.79 Å². The molecule has 7 heteroatoms. The maximum absolute atomic E-state index is 12.0. The van der Waals surface area contributed by atoms with Crippen LogP contribution < -0.4 is 11.1 Å². The van der Waals surface area contributed by atoms with Crippen molar-refractivity contribution in [3.8, 4) is 0 Å². The Balaban J connectivity index is 2.19. The van der Waals surface area contributed by atoms with Crippen LogP contribution in [0.2, 0.25) is 0 Å². The van der Waals surface area contributed by atoms with Crippen LogP contribution >= 0.6 is 0 Å². The van der Waals surface area contributed by atoms with Crippen LogP contribution in [0.5, 0.6) is 0 Å². The van der Waals surface area contributed by atoms with E-state index in [0.717, 1.165) is 12.0 Å². The summed E-state index contributed by atoms with van der Waals surface area (Å²) >= 11 is 0.